The minimum atomic E-state index is 0. The second-order valence-electron chi connectivity index (χ2n) is 1.32. The maximum Gasteiger partial charge on any atom is 0.0153 e. The van der Waals surface area contributed by atoms with Crippen molar-refractivity contribution in [2.75, 3.05) is 0 Å². The fourth-order valence-electron chi connectivity index (χ4n) is 0. The summed E-state index contributed by atoms with van der Waals surface area (Å²) in [7, 11) is 0. The molecule has 0 aromatic carbocycles. The fourth-order valence-corrected chi connectivity index (χ4v) is 0. The normalized spacial score (nSPS) is 8.00. The van der Waals surface area contributed by atoms with Gasteiger partial charge in [0.1, 0.15) is 0 Å². The van der Waals surface area contributed by atoms with Crippen LogP contribution in [-0.2, 0) is 0 Å². The molecule has 0 fully saturated rings. The predicted octanol–water partition coefficient (Wildman–Crippen LogP) is 0.436. The number of hydrogen-bond donors (Lipinski definition) is 2. The zero-order valence-corrected chi connectivity index (χ0v) is 5.78. The Morgan fingerprint density at radius 1 is 1.50 bits per heavy atom. The van der Waals surface area contributed by atoms with E-state index in [9.17, 15) is 0 Å². The van der Waals surface area contributed by atoms with Gasteiger partial charge in [0.05, 0.1) is 0 Å². The Bertz CT molecular complexity index is 22.8. The molecule has 0 bridgehead atoms. The summed E-state index contributed by atoms with van der Waals surface area (Å²) in [5.41, 5.74) is 2.53. The van der Waals surface area contributed by atoms with Gasteiger partial charge in [0, 0.05) is 6.04 Å². The molecule has 0 rings (SSSR count). The zero-order valence-electron chi connectivity index (χ0n) is 4.06. The SMILES string of the molecule is Br.CC(C)NN. The molecule has 0 aromatic rings. The van der Waals surface area contributed by atoms with Gasteiger partial charge in [0.2, 0.25) is 0 Å². The van der Waals surface area contributed by atoms with Crippen LogP contribution in [0.4, 0.5) is 0 Å². The molecule has 0 aromatic heterocycles. The van der Waals surface area contributed by atoms with Gasteiger partial charge < -0.3 is 0 Å². The van der Waals surface area contributed by atoms with Crippen molar-refractivity contribution in [1.29, 1.82) is 0 Å². The fraction of sp³-hybridized carbons (Fsp3) is 1.00. The van der Waals surface area contributed by atoms with E-state index >= 15 is 0 Å². The summed E-state index contributed by atoms with van der Waals surface area (Å²) in [6.07, 6.45) is 0. The Morgan fingerprint density at radius 2 is 1.67 bits per heavy atom. The van der Waals surface area contributed by atoms with E-state index in [0.717, 1.165) is 0 Å². The second kappa shape index (κ2) is 5.40. The molecular formula is C3H11BrN2. The maximum absolute atomic E-state index is 4.92. The number of halogens is 1. The number of hydrazine groups is 1. The molecular weight excluding hydrogens is 144 g/mol. The topological polar surface area (TPSA) is 38.0 Å². The number of nitrogens with one attached hydrogen (secondary N) is 1. The van der Waals surface area contributed by atoms with Crippen LogP contribution in [0.15, 0.2) is 0 Å². The molecule has 0 aliphatic heterocycles. The lowest BCUT2D eigenvalue weighted by molar-refractivity contribution is 0.617. The molecule has 0 saturated carbocycles. The first-order chi connectivity index (χ1) is 2.27. The third-order valence-electron chi connectivity index (χ3n) is 0.333. The van der Waals surface area contributed by atoms with Crippen molar-refractivity contribution in [2.45, 2.75) is 19.9 Å². The van der Waals surface area contributed by atoms with E-state index in [2.05, 4.69) is 5.43 Å². The van der Waals surface area contributed by atoms with Gasteiger partial charge in [0.25, 0.3) is 0 Å². The molecule has 0 spiro atoms. The molecule has 6 heavy (non-hydrogen) atoms. The Morgan fingerprint density at radius 3 is 1.67 bits per heavy atom. The highest BCUT2D eigenvalue weighted by atomic mass is 79.9. The van der Waals surface area contributed by atoms with Crippen LogP contribution in [0.25, 0.3) is 0 Å². The van der Waals surface area contributed by atoms with Crippen molar-refractivity contribution in [1.82, 2.24) is 5.43 Å². The number of nitrogens with two attached hydrogens (primary N) is 1. The lowest BCUT2D eigenvalue weighted by Crippen LogP contribution is -2.29. The third-order valence-corrected chi connectivity index (χ3v) is 0.333. The van der Waals surface area contributed by atoms with Gasteiger partial charge in [-0.15, -0.1) is 17.0 Å². The van der Waals surface area contributed by atoms with Crippen LogP contribution >= 0.6 is 17.0 Å². The van der Waals surface area contributed by atoms with Gasteiger partial charge in [-0.2, -0.15) is 0 Å². The highest BCUT2D eigenvalue weighted by molar-refractivity contribution is 8.93. The van der Waals surface area contributed by atoms with Crippen LogP contribution in [0.2, 0.25) is 0 Å². The quantitative estimate of drug-likeness (QED) is 0.425. The monoisotopic (exact) mass is 154 g/mol. The lowest BCUT2D eigenvalue weighted by atomic mass is 10.4. The van der Waals surface area contributed by atoms with Gasteiger partial charge in [0.15, 0.2) is 0 Å². The highest BCUT2D eigenvalue weighted by Crippen LogP contribution is 1.64. The van der Waals surface area contributed by atoms with Crippen molar-refractivity contribution in [3.05, 3.63) is 0 Å². The summed E-state index contributed by atoms with van der Waals surface area (Å²) < 4.78 is 0. The van der Waals surface area contributed by atoms with Gasteiger partial charge in [-0.25, -0.2) is 0 Å². The molecule has 0 aliphatic carbocycles. The largest absolute Gasteiger partial charge is 0.271 e. The summed E-state index contributed by atoms with van der Waals surface area (Å²) in [5, 5.41) is 0. The molecule has 0 atom stereocenters. The molecule has 0 saturated heterocycles. The van der Waals surface area contributed by atoms with Gasteiger partial charge in [-0.05, 0) is 13.8 Å². The van der Waals surface area contributed by atoms with Crippen molar-refractivity contribution in [3.63, 3.8) is 0 Å². The minimum absolute atomic E-state index is 0. The Balaban J connectivity index is 0. The average Bonchev–Trinajstić information content (AvgIpc) is 1.38. The molecule has 3 N–H and O–H groups in total. The molecule has 0 heterocycles. The predicted molar refractivity (Wildman–Crippen MR) is 32.8 cm³/mol. The third kappa shape index (κ3) is 8.83. The summed E-state index contributed by atoms with van der Waals surface area (Å²) in [5.74, 6) is 4.92. The first-order valence-corrected chi connectivity index (χ1v) is 1.73. The smallest absolute Gasteiger partial charge is 0.0153 e. The van der Waals surface area contributed by atoms with E-state index in [-0.39, 0.29) is 17.0 Å². The zero-order chi connectivity index (χ0) is 4.28. The van der Waals surface area contributed by atoms with Crippen LogP contribution in [0.5, 0.6) is 0 Å². The number of rotatable bonds is 1. The van der Waals surface area contributed by atoms with Gasteiger partial charge in [-0.1, -0.05) is 0 Å². The molecule has 0 unspecified atom stereocenters. The Labute approximate surface area is 48.8 Å². The Hall–Kier alpha value is 0.400. The van der Waals surface area contributed by atoms with E-state index < -0.39 is 0 Å². The van der Waals surface area contributed by atoms with Crippen LogP contribution in [0, 0.1) is 0 Å². The lowest BCUT2D eigenvalue weighted by Gasteiger charge is -1.95. The van der Waals surface area contributed by atoms with Gasteiger partial charge in [-0.3, -0.25) is 11.3 Å². The molecule has 2 nitrogen and oxygen atoms in total. The second-order valence-corrected chi connectivity index (χ2v) is 1.32. The maximum atomic E-state index is 4.92. The molecule has 0 aliphatic rings. The summed E-state index contributed by atoms with van der Waals surface area (Å²) >= 11 is 0. The van der Waals surface area contributed by atoms with Crippen LogP contribution in [-0.4, -0.2) is 6.04 Å². The van der Waals surface area contributed by atoms with Crippen LogP contribution in [0.3, 0.4) is 0 Å². The van der Waals surface area contributed by atoms with Crippen LogP contribution < -0.4 is 11.3 Å². The molecule has 40 valence electrons. The number of hydrogen-bond acceptors (Lipinski definition) is 2. The average molecular weight is 155 g/mol. The molecule has 3 heteroatoms. The van der Waals surface area contributed by atoms with Crippen molar-refractivity contribution < 1.29 is 0 Å². The van der Waals surface area contributed by atoms with Crippen molar-refractivity contribution >= 4 is 17.0 Å². The first kappa shape index (κ1) is 9.64. The minimum Gasteiger partial charge on any atom is -0.271 e. The van der Waals surface area contributed by atoms with Gasteiger partial charge >= 0.3 is 0 Å². The summed E-state index contributed by atoms with van der Waals surface area (Å²) in [6, 6.07) is 0.412. The van der Waals surface area contributed by atoms with E-state index in [4.69, 9.17) is 5.84 Å². The van der Waals surface area contributed by atoms with E-state index in [1.54, 1.807) is 0 Å². The van der Waals surface area contributed by atoms with Crippen molar-refractivity contribution in [3.8, 4) is 0 Å². The Kier molecular flexibility index (Phi) is 8.68. The van der Waals surface area contributed by atoms with Crippen molar-refractivity contribution in [2.24, 2.45) is 5.84 Å². The first-order valence-electron chi connectivity index (χ1n) is 1.73. The summed E-state index contributed by atoms with van der Waals surface area (Å²) in [6.45, 7) is 3.97. The van der Waals surface area contributed by atoms with E-state index in [1.165, 1.54) is 0 Å². The summed E-state index contributed by atoms with van der Waals surface area (Å²) in [4.78, 5) is 0. The molecule has 0 radical (unpaired) electrons. The standard InChI is InChI=1S/C3H10N2.BrH/c1-3(2)5-4;/h3,5H,4H2,1-2H3;1H. The van der Waals surface area contributed by atoms with E-state index in [0.29, 0.717) is 6.04 Å². The van der Waals surface area contributed by atoms with E-state index in [1.807, 2.05) is 13.8 Å². The highest BCUT2D eigenvalue weighted by Gasteiger charge is 1.77. The van der Waals surface area contributed by atoms with Crippen LogP contribution in [0.1, 0.15) is 13.8 Å². The molecule has 0 amide bonds.